The summed E-state index contributed by atoms with van der Waals surface area (Å²) in [6, 6.07) is 7.19. The zero-order valence-corrected chi connectivity index (χ0v) is 21.9. The second kappa shape index (κ2) is 9.33. The van der Waals surface area contributed by atoms with Gasteiger partial charge in [0.2, 0.25) is 0 Å². The topological polar surface area (TPSA) is 106 Å². The summed E-state index contributed by atoms with van der Waals surface area (Å²) in [5, 5.41) is 10.1. The maximum atomic E-state index is 15.8. The third-order valence-corrected chi connectivity index (χ3v) is 9.12. The summed E-state index contributed by atoms with van der Waals surface area (Å²) < 4.78 is 74.4. The number of aliphatic imine (C=N–C) groups is 1. The van der Waals surface area contributed by atoms with E-state index >= 15 is 8.78 Å². The highest BCUT2D eigenvalue weighted by Gasteiger charge is 2.36. The van der Waals surface area contributed by atoms with Crippen molar-refractivity contribution in [2.24, 2.45) is 4.99 Å². The van der Waals surface area contributed by atoms with Crippen LogP contribution < -0.4 is 15.6 Å². The van der Waals surface area contributed by atoms with Gasteiger partial charge in [0.05, 0.1) is 28.4 Å². The molecule has 3 aromatic rings. The molecule has 2 aliphatic heterocycles. The van der Waals surface area contributed by atoms with Gasteiger partial charge in [-0.25, -0.2) is 27.0 Å². The Labute approximate surface area is 223 Å². The normalized spacial score (nSPS) is 22.2. The number of aliphatic hydroxyl groups is 1. The van der Waals surface area contributed by atoms with Crippen LogP contribution in [0.2, 0.25) is 0 Å². The number of aliphatic hydroxyl groups excluding tert-OH is 1. The minimum absolute atomic E-state index is 0.0220. The Morgan fingerprint density at radius 3 is 2.67 bits per heavy atom. The predicted molar refractivity (Wildman–Crippen MR) is 141 cm³/mol. The number of anilines is 2. The van der Waals surface area contributed by atoms with Crippen molar-refractivity contribution in [3.8, 4) is 11.1 Å². The SMILES string of the molecule is Cc1c(NS(=O)(=O)c2cc(F)cc3c2CC[C@@H]3O)ccc(F)c1-c1ccc2c(c1F)NNC2C1N=CCN1C. The Kier molecular flexibility index (Phi) is 6.18. The molecule has 8 nitrogen and oxygen atoms in total. The van der Waals surface area contributed by atoms with E-state index in [0.29, 0.717) is 17.7 Å². The number of benzene rings is 3. The van der Waals surface area contributed by atoms with Gasteiger partial charge in [0, 0.05) is 29.4 Å². The first-order chi connectivity index (χ1) is 18.6. The number of likely N-dealkylation sites (N-methyl/N-ethyl adjacent to an activating group) is 1. The van der Waals surface area contributed by atoms with E-state index < -0.39 is 33.6 Å². The average Bonchev–Trinajstić information content (AvgIpc) is 3.60. The molecule has 0 bridgehead atoms. The number of rotatable bonds is 5. The highest BCUT2D eigenvalue weighted by Crippen LogP contribution is 2.42. The lowest BCUT2D eigenvalue weighted by Crippen LogP contribution is -2.37. The summed E-state index contributed by atoms with van der Waals surface area (Å²) in [6.45, 7) is 2.16. The molecule has 6 rings (SSSR count). The summed E-state index contributed by atoms with van der Waals surface area (Å²) in [6.07, 6.45) is 1.16. The number of halogens is 3. The van der Waals surface area contributed by atoms with Crippen molar-refractivity contribution in [3.63, 3.8) is 0 Å². The van der Waals surface area contributed by atoms with E-state index in [2.05, 4.69) is 20.6 Å². The van der Waals surface area contributed by atoms with Crippen molar-refractivity contribution in [3.05, 3.63) is 76.1 Å². The van der Waals surface area contributed by atoms with Crippen LogP contribution in [0.15, 0.2) is 46.3 Å². The van der Waals surface area contributed by atoms with Crippen LogP contribution >= 0.6 is 0 Å². The molecule has 0 spiro atoms. The number of hydrazine groups is 1. The van der Waals surface area contributed by atoms with Crippen molar-refractivity contribution in [1.29, 1.82) is 0 Å². The van der Waals surface area contributed by atoms with Crippen molar-refractivity contribution >= 4 is 27.6 Å². The minimum atomic E-state index is -4.32. The van der Waals surface area contributed by atoms with Crippen LogP contribution in [0.3, 0.4) is 0 Å². The fourth-order valence-corrected chi connectivity index (χ4v) is 7.10. The molecule has 0 amide bonds. The van der Waals surface area contributed by atoms with E-state index in [1.807, 2.05) is 11.9 Å². The molecule has 3 aromatic carbocycles. The number of hydrogen-bond acceptors (Lipinski definition) is 7. The molecule has 0 fully saturated rings. The smallest absolute Gasteiger partial charge is 0.262 e. The molecule has 1 aliphatic carbocycles. The van der Waals surface area contributed by atoms with Gasteiger partial charge in [-0.3, -0.25) is 14.6 Å². The molecule has 3 aliphatic rings. The Hall–Kier alpha value is -3.45. The number of sulfonamides is 1. The molecule has 204 valence electrons. The lowest BCUT2D eigenvalue weighted by molar-refractivity contribution is 0.179. The molecule has 2 heterocycles. The maximum absolute atomic E-state index is 15.8. The standard InChI is InChI=1S/C27H26F3N5O3S/c1-13-20(34-39(37,38)22-12-14(28)11-18-15(22)5-8-21(18)36)7-6-19(29)23(13)16-3-4-17-25(24(16)30)32-33-26(17)27-31-9-10-35(27)2/h3-4,6-7,9,11-12,21,26-27,32-34,36H,5,8,10H2,1-2H3/t21-,26?,27?/m0/s1. The zero-order valence-electron chi connectivity index (χ0n) is 21.1. The lowest BCUT2D eigenvalue weighted by Gasteiger charge is -2.24. The monoisotopic (exact) mass is 557 g/mol. The quantitative estimate of drug-likeness (QED) is 0.375. The third-order valence-electron chi connectivity index (χ3n) is 7.69. The van der Waals surface area contributed by atoms with Gasteiger partial charge in [-0.2, -0.15) is 0 Å². The fourth-order valence-electron chi connectivity index (χ4n) is 5.67. The lowest BCUT2D eigenvalue weighted by atomic mass is 9.94. The van der Waals surface area contributed by atoms with Crippen molar-refractivity contribution in [1.82, 2.24) is 10.3 Å². The van der Waals surface area contributed by atoms with Crippen molar-refractivity contribution < 1.29 is 26.7 Å². The molecule has 2 unspecified atom stereocenters. The molecule has 0 saturated heterocycles. The molecule has 4 N–H and O–H groups in total. The van der Waals surface area contributed by atoms with Gasteiger partial charge in [-0.15, -0.1) is 0 Å². The van der Waals surface area contributed by atoms with Crippen LogP contribution in [0, 0.1) is 24.4 Å². The highest BCUT2D eigenvalue weighted by molar-refractivity contribution is 7.92. The molecule has 0 radical (unpaired) electrons. The van der Waals surface area contributed by atoms with E-state index in [0.717, 1.165) is 18.2 Å². The number of nitrogens with zero attached hydrogens (tertiary/aromatic N) is 2. The molecule has 0 saturated carbocycles. The molecule has 3 atom stereocenters. The van der Waals surface area contributed by atoms with E-state index in [4.69, 9.17) is 0 Å². The summed E-state index contributed by atoms with van der Waals surface area (Å²) >= 11 is 0. The Balaban J connectivity index is 1.38. The van der Waals surface area contributed by atoms with E-state index in [9.17, 15) is 17.9 Å². The number of hydrogen-bond donors (Lipinski definition) is 4. The van der Waals surface area contributed by atoms with Gasteiger partial charge in [0.25, 0.3) is 10.0 Å². The molecular weight excluding hydrogens is 531 g/mol. The summed E-state index contributed by atoms with van der Waals surface area (Å²) in [5.41, 5.74) is 7.34. The first-order valence-corrected chi connectivity index (χ1v) is 13.9. The second-order valence-corrected chi connectivity index (χ2v) is 11.7. The van der Waals surface area contributed by atoms with Gasteiger partial charge in [0.1, 0.15) is 17.8 Å². The van der Waals surface area contributed by atoms with Crippen LogP contribution in [-0.4, -0.2) is 44.4 Å². The van der Waals surface area contributed by atoms with Crippen LogP contribution in [0.5, 0.6) is 0 Å². The van der Waals surface area contributed by atoms with Crippen LogP contribution in [0.4, 0.5) is 24.5 Å². The summed E-state index contributed by atoms with van der Waals surface area (Å²) in [4.78, 5) is 6.17. The summed E-state index contributed by atoms with van der Waals surface area (Å²) in [5.74, 6) is -2.21. The molecule has 12 heteroatoms. The molecular formula is C27H26F3N5O3S. The largest absolute Gasteiger partial charge is 0.388 e. The van der Waals surface area contributed by atoms with Crippen LogP contribution in [0.1, 0.15) is 40.8 Å². The van der Waals surface area contributed by atoms with Crippen molar-refractivity contribution in [2.75, 3.05) is 23.7 Å². The molecule has 0 aromatic heterocycles. The van der Waals surface area contributed by atoms with E-state index in [1.54, 1.807) is 12.3 Å². The van der Waals surface area contributed by atoms with Gasteiger partial charge in [0.15, 0.2) is 5.82 Å². The van der Waals surface area contributed by atoms with Crippen LogP contribution in [-0.2, 0) is 16.4 Å². The number of nitrogens with one attached hydrogen (secondary N) is 3. The fraction of sp³-hybridized carbons (Fsp3) is 0.296. The zero-order chi connectivity index (χ0) is 27.6. The van der Waals surface area contributed by atoms with Gasteiger partial charge < -0.3 is 10.5 Å². The third kappa shape index (κ3) is 4.18. The first kappa shape index (κ1) is 25.8. The Morgan fingerprint density at radius 1 is 1.13 bits per heavy atom. The average molecular weight is 558 g/mol. The predicted octanol–water partition coefficient (Wildman–Crippen LogP) is 4.17. The van der Waals surface area contributed by atoms with Crippen molar-refractivity contribution in [2.45, 2.75) is 43.0 Å². The molecule has 39 heavy (non-hydrogen) atoms. The Bertz CT molecular complexity index is 1650. The van der Waals surface area contributed by atoms with Gasteiger partial charge in [-0.05, 0) is 67.8 Å². The van der Waals surface area contributed by atoms with Gasteiger partial charge >= 0.3 is 0 Å². The summed E-state index contributed by atoms with van der Waals surface area (Å²) in [7, 11) is -2.41. The van der Waals surface area contributed by atoms with Crippen LogP contribution in [0.25, 0.3) is 11.1 Å². The maximum Gasteiger partial charge on any atom is 0.262 e. The first-order valence-electron chi connectivity index (χ1n) is 12.5. The van der Waals surface area contributed by atoms with E-state index in [1.165, 1.54) is 19.1 Å². The Morgan fingerprint density at radius 2 is 1.92 bits per heavy atom. The minimum Gasteiger partial charge on any atom is -0.388 e. The van der Waals surface area contributed by atoms with Gasteiger partial charge in [-0.1, -0.05) is 12.1 Å². The second-order valence-electron chi connectivity index (χ2n) is 10.0. The number of fused-ring (bicyclic) bond motifs is 2. The van der Waals surface area contributed by atoms with E-state index in [-0.39, 0.29) is 63.6 Å². The highest BCUT2D eigenvalue weighted by atomic mass is 32.2.